The Morgan fingerprint density at radius 1 is 0.433 bits per heavy atom. The summed E-state index contributed by atoms with van der Waals surface area (Å²) in [7, 11) is 0. The minimum absolute atomic E-state index is 0.171. The van der Waals surface area contributed by atoms with Gasteiger partial charge in [0, 0.05) is 26.7 Å². The minimum atomic E-state index is -2.62. The van der Waals surface area contributed by atoms with Crippen LogP contribution in [0.5, 0.6) is 0 Å². The van der Waals surface area contributed by atoms with Crippen LogP contribution in [0.1, 0.15) is 41.0 Å². The van der Waals surface area contributed by atoms with Crippen LogP contribution in [0.4, 0.5) is 0 Å². The second-order valence-electron chi connectivity index (χ2n) is 26.6. The standard InChI is InChI=1S/C59H99N3O42/c1-16-21(73)6-59(91-15-69,104-47(16)33(75)22(74)7-63)90-14-29-36(78)42(84)45(87)56(98-29)100-49-26(11-67)96-54(32(40(49)82)62-20(5)72)103-52-43(85)35(77)24(9-65)94-58(52)89-13-28-37(79)51(102-55-44(86)41(83)34(76)23(8-64)93-55)46(88)57(97-28)101-50-27(12-68)95-53(31(39(50)81)61-19(4)71)99-48-25(10-66)92-17(2)30(38(48)80)60-18(3)70/h15-17,21-58,63-68,73-88H,6-14H2,1-5H3,(H,60,70)(H,61,71)(H,62,72)/t16-,17+,21-,22-,23?,24?,25?,26+,27?,28?,29?,30-,31+,32?,33-,34-,35-,36+,37-,38?,39?,40?,41?,42+,43+,44?,45?,46-,47?,48-,49-,50-,51?,52?,53+,54+,55-,56+,57+,58+,59+/m1/s1. The first-order valence-corrected chi connectivity index (χ1v) is 33.4. The van der Waals surface area contributed by atoms with E-state index in [-0.39, 0.29) is 6.47 Å². The Labute approximate surface area is 590 Å². The minimum Gasteiger partial charge on any atom is -0.410 e. The largest absolute Gasteiger partial charge is 0.410 e. The molecule has 0 spiro atoms. The van der Waals surface area contributed by atoms with Gasteiger partial charge in [-0.2, -0.15) is 0 Å². The lowest BCUT2D eigenvalue weighted by Gasteiger charge is -2.50. The smallest absolute Gasteiger partial charge is 0.332 e. The molecule has 8 saturated heterocycles. The van der Waals surface area contributed by atoms with Crippen LogP contribution in [0.25, 0.3) is 0 Å². The summed E-state index contributed by atoms with van der Waals surface area (Å²) in [5, 5.41) is 250. The molecule has 0 aromatic heterocycles. The van der Waals surface area contributed by atoms with Crippen molar-refractivity contribution in [3.05, 3.63) is 0 Å². The summed E-state index contributed by atoms with van der Waals surface area (Å²) in [6, 6.07) is -4.87. The Morgan fingerprint density at radius 2 is 0.817 bits per heavy atom. The molecule has 45 heteroatoms. The van der Waals surface area contributed by atoms with Crippen LogP contribution < -0.4 is 16.0 Å². The van der Waals surface area contributed by atoms with Gasteiger partial charge in [0.2, 0.25) is 17.7 Å². The summed E-state index contributed by atoms with van der Waals surface area (Å²) in [4.78, 5) is 49.7. The molecule has 0 bridgehead atoms. The average molecular weight is 1520 g/mol. The van der Waals surface area contributed by atoms with Gasteiger partial charge in [0.15, 0.2) is 37.7 Å². The summed E-state index contributed by atoms with van der Waals surface area (Å²) in [5.74, 6) is -6.01. The number of nitrogens with one attached hydrogen (secondary N) is 3. The van der Waals surface area contributed by atoms with E-state index in [0.29, 0.717) is 0 Å². The molecule has 41 atom stereocenters. The summed E-state index contributed by atoms with van der Waals surface area (Å²) in [6.07, 6.45) is -71.2. The predicted octanol–water partition coefficient (Wildman–Crippen LogP) is -16.4. The fraction of sp³-hybridized carbons (Fsp3) is 0.932. The summed E-state index contributed by atoms with van der Waals surface area (Å²) < 4.78 is 93.7. The van der Waals surface area contributed by atoms with Crippen LogP contribution in [0.3, 0.4) is 0 Å². The number of rotatable bonds is 29. The van der Waals surface area contributed by atoms with Crippen molar-refractivity contribution in [2.24, 2.45) is 5.92 Å². The van der Waals surface area contributed by atoms with Gasteiger partial charge in [-0.3, -0.25) is 19.2 Å². The van der Waals surface area contributed by atoms with Crippen LogP contribution in [-0.2, 0) is 95.0 Å². The lowest BCUT2D eigenvalue weighted by molar-refractivity contribution is -0.424. The maximum atomic E-state index is 12.9. The highest BCUT2D eigenvalue weighted by atomic mass is 16.9. The van der Waals surface area contributed by atoms with Crippen molar-refractivity contribution < 1.29 is 207 Å². The number of ether oxygens (including phenoxy) is 16. The predicted molar refractivity (Wildman–Crippen MR) is 323 cm³/mol. The van der Waals surface area contributed by atoms with Crippen molar-refractivity contribution in [3.8, 4) is 0 Å². The highest BCUT2D eigenvalue weighted by Crippen LogP contribution is 2.41. The van der Waals surface area contributed by atoms with Crippen molar-refractivity contribution >= 4 is 24.2 Å². The van der Waals surface area contributed by atoms with Crippen LogP contribution in [0.15, 0.2) is 0 Å². The number of hydrogen-bond acceptors (Lipinski definition) is 42. The third kappa shape index (κ3) is 19.0. The molecule has 0 aliphatic carbocycles. The number of aliphatic hydroxyl groups excluding tert-OH is 22. The lowest BCUT2D eigenvalue weighted by Crippen LogP contribution is -2.70. The van der Waals surface area contributed by atoms with E-state index in [4.69, 9.17) is 75.8 Å². The van der Waals surface area contributed by atoms with Gasteiger partial charge in [0.25, 0.3) is 6.47 Å². The zero-order valence-corrected chi connectivity index (χ0v) is 56.5. The van der Waals surface area contributed by atoms with Gasteiger partial charge < -0.3 is 204 Å². The Hall–Kier alpha value is -3.60. The van der Waals surface area contributed by atoms with Gasteiger partial charge in [-0.05, 0) is 6.92 Å². The van der Waals surface area contributed by atoms with Crippen LogP contribution in [0, 0.1) is 5.92 Å². The molecule has 0 aromatic rings. The van der Waals surface area contributed by atoms with Gasteiger partial charge in [0.1, 0.15) is 177 Å². The van der Waals surface area contributed by atoms with E-state index in [9.17, 15) is 132 Å². The normalized spacial score (nSPS) is 47.9. The highest BCUT2D eigenvalue weighted by Gasteiger charge is 2.60. The molecule has 104 heavy (non-hydrogen) atoms. The summed E-state index contributed by atoms with van der Waals surface area (Å²) in [5.41, 5.74) is 0. The Bertz CT molecular complexity index is 2710. The van der Waals surface area contributed by atoms with Gasteiger partial charge in [-0.25, -0.2) is 0 Å². The molecule has 8 rings (SSSR count). The maximum absolute atomic E-state index is 12.9. The van der Waals surface area contributed by atoms with Crippen molar-refractivity contribution in [1.29, 1.82) is 0 Å². The number of amides is 3. The molecule has 25 N–H and O–H groups in total. The Balaban J connectivity index is 1.04. The van der Waals surface area contributed by atoms with Crippen LogP contribution >= 0.6 is 0 Å². The highest BCUT2D eigenvalue weighted by molar-refractivity contribution is 5.74. The Kier molecular flexibility index (Phi) is 30.9. The third-order valence-electron chi connectivity index (χ3n) is 19.3. The van der Waals surface area contributed by atoms with Gasteiger partial charge in [-0.1, -0.05) is 6.92 Å². The van der Waals surface area contributed by atoms with Crippen molar-refractivity contribution in [2.75, 3.05) is 52.9 Å². The first kappa shape index (κ1) is 86.0. The molecule has 0 saturated carbocycles. The number of hydrogen-bond donors (Lipinski definition) is 25. The van der Waals surface area contributed by atoms with E-state index >= 15 is 0 Å². The first-order valence-electron chi connectivity index (χ1n) is 33.4. The van der Waals surface area contributed by atoms with E-state index in [2.05, 4.69) is 16.0 Å². The topological polar surface area (TPSA) is 697 Å². The molecule has 602 valence electrons. The van der Waals surface area contributed by atoms with Crippen molar-refractivity contribution in [3.63, 3.8) is 0 Å². The Morgan fingerprint density at radius 3 is 1.29 bits per heavy atom. The summed E-state index contributed by atoms with van der Waals surface area (Å²) >= 11 is 0. The van der Waals surface area contributed by atoms with Crippen LogP contribution in [-0.4, -0.2) is 434 Å². The molecule has 16 unspecified atom stereocenters. The molecule has 8 heterocycles. The van der Waals surface area contributed by atoms with Crippen molar-refractivity contribution in [2.45, 2.75) is 286 Å². The molecule has 8 aliphatic heterocycles. The second kappa shape index (κ2) is 37.4. The quantitative estimate of drug-likeness (QED) is 0.0244. The van der Waals surface area contributed by atoms with Gasteiger partial charge >= 0.3 is 5.97 Å². The van der Waals surface area contributed by atoms with E-state index in [1.54, 1.807) is 0 Å². The first-order chi connectivity index (χ1) is 49.1. The van der Waals surface area contributed by atoms with E-state index < -0.39 is 328 Å². The SMILES string of the molecule is CC(=O)NC1C(O)[C@H](O[C@@H]2OC(CO[C@]3(OC=O)C[C@@H](O)[C@@H](C)C([C@H](O)[C@H](O)CO)O3)[C@H](O)[C@H](O)C2O)[C@H](CO)O[C@H]1OC1[C@@H](OCC2O[C@@H](O[C@@H]3C(CO)O[C@@H](O[C@@H]4C(CO)O[C@@H](C)[C@@H](NC(C)=O)C4O)[C@@H](NC(C)=O)C3O)[C@H](O)C(O[C@H]3OC(CO)[C@@H](O)C(O)C3O)[C@@H]2O)OC(CO)[C@@H](O)[C@@H]1O. The van der Waals surface area contributed by atoms with E-state index in [1.165, 1.54) is 13.8 Å². The van der Waals surface area contributed by atoms with E-state index in [1.807, 2.05) is 0 Å². The van der Waals surface area contributed by atoms with E-state index in [0.717, 1.165) is 20.8 Å². The molecule has 45 nitrogen and oxygen atoms in total. The molecule has 3 amide bonds. The molecule has 8 aliphatic rings. The molecule has 0 aromatic carbocycles. The maximum Gasteiger partial charge on any atom is 0.332 e. The fourth-order valence-electron chi connectivity index (χ4n) is 13.5. The van der Waals surface area contributed by atoms with Crippen molar-refractivity contribution in [1.82, 2.24) is 16.0 Å². The molecule has 8 fully saturated rings. The third-order valence-corrected chi connectivity index (χ3v) is 19.3. The molecular formula is C59H99N3O42. The number of aliphatic hydroxyl groups is 22. The lowest BCUT2D eigenvalue weighted by atomic mass is 9.87. The number of carbonyl (C=O) groups excluding carboxylic acids is 4. The fourth-order valence-corrected chi connectivity index (χ4v) is 13.5. The van der Waals surface area contributed by atoms with Gasteiger partial charge in [-0.15, -0.1) is 0 Å². The average Bonchev–Trinajstić information content (AvgIpc) is 0.774. The summed E-state index contributed by atoms with van der Waals surface area (Å²) in [6.45, 7) is -2.38. The van der Waals surface area contributed by atoms with Crippen LogP contribution in [0.2, 0.25) is 0 Å². The zero-order valence-electron chi connectivity index (χ0n) is 56.5. The van der Waals surface area contributed by atoms with Gasteiger partial charge in [0.05, 0.1) is 83.6 Å². The zero-order chi connectivity index (χ0) is 76.8. The number of carbonyl (C=O) groups is 4. The molecule has 0 radical (unpaired) electrons. The molecular weight excluding hydrogens is 1420 g/mol. The second-order valence-corrected chi connectivity index (χ2v) is 26.6. The monoisotopic (exact) mass is 1520 g/mol.